The zero-order chi connectivity index (χ0) is 17.9. The lowest BCUT2D eigenvalue weighted by molar-refractivity contribution is 0.417. The van der Waals surface area contributed by atoms with Crippen molar-refractivity contribution in [2.45, 2.75) is 0 Å². The van der Waals surface area contributed by atoms with Crippen molar-refractivity contribution in [3.05, 3.63) is 77.3 Å². The Morgan fingerprint density at radius 3 is 2.46 bits per heavy atom. The van der Waals surface area contributed by atoms with Gasteiger partial charge in [-0.25, -0.2) is 9.97 Å². The molecular weight excluding hydrogens is 390 g/mol. The molecule has 0 bridgehead atoms. The summed E-state index contributed by atoms with van der Waals surface area (Å²) in [5.74, 6) is 1.27. The SMILES string of the molecule is COc1ccccc1Nc1nc(-c2ccccc2)c2cc(Br)ccc2n1. The minimum Gasteiger partial charge on any atom is -0.495 e. The number of aromatic nitrogens is 2. The highest BCUT2D eigenvalue weighted by atomic mass is 79.9. The predicted octanol–water partition coefficient (Wildman–Crippen LogP) is 5.81. The Kier molecular flexibility index (Phi) is 4.54. The van der Waals surface area contributed by atoms with E-state index in [-0.39, 0.29) is 0 Å². The van der Waals surface area contributed by atoms with Crippen LogP contribution in [0.5, 0.6) is 5.75 Å². The third-order valence-electron chi connectivity index (χ3n) is 4.06. The molecule has 0 atom stereocenters. The zero-order valence-electron chi connectivity index (χ0n) is 14.1. The van der Waals surface area contributed by atoms with Crippen LogP contribution in [0.15, 0.2) is 77.3 Å². The number of ether oxygens (including phenoxy) is 1. The van der Waals surface area contributed by atoms with Gasteiger partial charge in [0.1, 0.15) is 5.75 Å². The number of hydrogen-bond donors (Lipinski definition) is 1. The maximum Gasteiger partial charge on any atom is 0.228 e. The maximum absolute atomic E-state index is 5.41. The number of halogens is 1. The number of benzene rings is 3. The van der Waals surface area contributed by atoms with Crippen LogP contribution in [-0.2, 0) is 0 Å². The first-order chi connectivity index (χ1) is 12.7. The monoisotopic (exact) mass is 405 g/mol. The average molecular weight is 406 g/mol. The summed E-state index contributed by atoms with van der Waals surface area (Å²) in [7, 11) is 1.65. The predicted molar refractivity (Wildman–Crippen MR) is 109 cm³/mol. The second kappa shape index (κ2) is 7.14. The Bertz CT molecular complexity index is 1070. The van der Waals surface area contributed by atoms with E-state index in [9.17, 15) is 0 Å². The lowest BCUT2D eigenvalue weighted by atomic mass is 10.1. The smallest absolute Gasteiger partial charge is 0.228 e. The fourth-order valence-corrected chi connectivity index (χ4v) is 3.20. The highest BCUT2D eigenvalue weighted by molar-refractivity contribution is 9.10. The number of rotatable bonds is 4. The van der Waals surface area contributed by atoms with Crippen LogP contribution in [-0.4, -0.2) is 17.1 Å². The molecule has 128 valence electrons. The molecule has 0 aliphatic rings. The molecular formula is C21H16BrN3O. The molecule has 0 spiro atoms. The van der Waals surface area contributed by atoms with Crippen molar-refractivity contribution in [1.29, 1.82) is 0 Å². The lowest BCUT2D eigenvalue weighted by Crippen LogP contribution is -2.01. The molecule has 0 aliphatic carbocycles. The number of nitrogens with zero attached hydrogens (tertiary/aromatic N) is 2. The number of nitrogens with one attached hydrogen (secondary N) is 1. The van der Waals surface area contributed by atoms with Crippen molar-refractivity contribution in [2.75, 3.05) is 12.4 Å². The average Bonchev–Trinajstić information content (AvgIpc) is 2.69. The van der Waals surface area contributed by atoms with Gasteiger partial charge in [-0.3, -0.25) is 0 Å². The van der Waals surface area contributed by atoms with Gasteiger partial charge in [0.2, 0.25) is 5.95 Å². The van der Waals surface area contributed by atoms with Crippen molar-refractivity contribution >= 4 is 38.5 Å². The maximum atomic E-state index is 5.41. The highest BCUT2D eigenvalue weighted by Crippen LogP contribution is 2.31. The molecule has 26 heavy (non-hydrogen) atoms. The molecule has 1 aromatic heterocycles. The summed E-state index contributed by atoms with van der Waals surface area (Å²) in [4.78, 5) is 9.46. The molecule has 0 aliphatic heterocycles. The van der Waals surface area contributed by atoms with Gasteiger partial charge in [-0.1, -0.05) is 58.4 Å². The molecule has 0 amide bonds. The molecule has 0 saturated carbocycles. The van der Waals surface area contributed by atoms with Crippen LogP contribution in [0.25, 0.3) is 22.2 Å². The molecule has 4 aromatic rings. The number of fused-ring (bicyclic) bond motifs is 1. The Hall–Kier alpha value is -2.92. The molecule has 0 fully saturated rings. The Morgan fingerprint density at radius 1 is 0.885 bits per heavy atom. The van der Waals surface area contributed by atoms with Crippen molar-refractivity contribution in [1.82, 2.24) is 9.97 Å². The van der Waals surface area contributed by atoms with Crippen LogP contribution in [0, 0.1) is 0 Å². The molecule has 0 unspecified atom stereocenters. The third kappa shape index (κ3) is 3.26. The van der Waals surface area contributed by atoms with Gasteiger partial charge in [-0.15, -0.1) is 0 Å². The summed E-state index contributed by atoms with van der Waals surface area (Å²) < 4.78 is 6.41. The van der Waals surface area contributed by atoms with E-state index in [0.717, 1.165) is 38.1 Å². The highest BCUT2D eigenvalue weighted by Gasteiger charge is 2.12. The van der Waals surface area contributed by atoms with E-state index in [1.54, 1.807) is 7.11 Å². The number of hydrogen-bond acceptors (Lipinski definition) is 4. The van der Waals surface area contributed by atoms with Crippen molar-refractivity contribution in [2.24, 2.45) is 0 Å². The number of anilines is 2. The lowest BCUT2D eigenvalue weighted by Gasteiger charge is -2.13. The first kappa shape index (κ1) is 16.5. The summed E-state index contributed by atoms with van der Waals surface area (Å²) in [6.45, 7) is 0. The molecule has 3 aromatic carbocycles. The van der Waals surface area contributed by atoms with Crippen LogP contribution in [0.2, 0.25) is 0 Å². The molecule has 4 nitrogen and oxygen atoms in total. The topological polar surface area (TPSA) is 47.0 Å². The second-order valence-electron chi connectivity index (χ2n) is 5.75. The van der Waals surface area contributed by atoms with E-state index in [1.807, 2.05) is 60.7 Å². The molecule has 4 rings (SSSR count). The second-order valence-corrected chi connectivity index (χ2v) is 6.66. The van der Waals surface area contributed by atoms with Gasteiger partial charge in [-0.2, -0.15) is 0 Å². The molecule has 0 radical (unpaired) electrons. The fourth-order valence-electron chi connectivity index (χ4n) is 2.84. The van der Waals surface area contributed by atoms with Gasteiger partial charge in [0.25, 0.3) is 0 Å². The van der Waals surface area contributed by atoms with E-state index in [1.165, 1.54) is 0 Å². The van der Waals surface area contributed by atoms with E-state index < -0.39 is 0 Å². The van der Waals surface area contributed by atoms with Gasteiger partial charge in [0.15, 0.2) is 0 Å². The number of methoxy groups -OCH3 is 1. The van der Waals surface area contributed by atoms with Crippen LogP contribution in [0.1, 0.15) is 0 Å². The third-order valence-corrected chi connectivity index (χ3v) is 4.55. The van der Waals surface area contributed by atoms with E-state index >= 15 is 0 Å². The summed E-state index contributed by atoms with van der Waals surface area (Å²) in [5.41, 5.74) is 3.63. The Labute approximate surface area is 160 Å². The molecule has 5 heteroatoms. The minimum absolute atomic E-state index is 0.531. The number of para-hydroxylation sites is 2. The molecule has 0 saturated heterocycles. The van der Waals surface area contributed by atoms with Gasteiger partial charge in [0.05, 0.1) is 24.0 Å². The summed E-state index contributed by atoms with van der Waals surface area (Å²) >= 11 is 3.54. The Balaban J connectivity index is 1.88. The standard InChI is InChI=1S/C21H16BrN3O/c1-26-19-10-6-5-9-18(19)24-21-23-17-12-11-15(22)13-16(17)20(25-21)14-7-3-2-4-8-14/h2-13H,1H3,(H,23,24,25). The molecule has 1 heterocycles. The summed E-state index contributed by atoms with van der Waals surface area (Å²) in [5, 5.41) is 4.28. The molecule has 1 N–H and O–H groups in total. The van der Waals surface area contributed by atoms with E-state index in [4.69, 9.17) is 9.72 Å². The van der Waals surface area contributed by atoms with Crippen molar-refractivity contribution in [3.63, 3.8) is 0 Å². The van der Waals surface area contributed by atoms with Crippen LogP contribution in [0.4, 0.5) is 11.6 Å². The van der Waals surface area contributed by atoms with E-state index in [0.29, 0.717) is 5.95 Å². The summed E-state index contributed by atoms with van der Waals surface area (Å²) in [6, 6.07) is 23.8. The van der Waals surface area contributed by atoms with Crippen LogP contribution < -0.4 is 10.1 Å². The normalized spacial score (nSPS) is 10.7. The quantitative estimate of drug-likeness (QED) is 0.465. The fraction of sp³-hybridized carbons (Fsp3) is 0.0476. The van der Waals surface area contributed by atoms with E-state index in [2.05, 4.69) is 38.4 Å². The summed E-state index contributed by atoms with van der Waals surface area (Å²) in [6.07, 6.45) is 0. The largest absolute Gasteiger partial charge is 0.495 e. The first-order valence-electron chi connectivity index (χ1n) is 8.17. The minimum atomic E-state index is 0.531. The van der Waals surface area contributed by atoms with Crippen LogP contribution in [0.3, 0.4) is 0 Å². The van der Waals surface area contributed by atoms with Gasteiger partial charge in [0, 0.05) is 15.4 Å². The van der Waals surface area contributed by atoms with Crippen LogP contribution >= 0.6 is 15.9 Å². The van der Waals surface area contributed by atoms with Gasteiger partial charge < -0.3 is 10.1 Å². The van der Waals surface area contributed by atoms with Gasteiger partial charge in [-0.05, 0) is 30.3 Å². The van der Waals surface area contributed by atoms with Gasteiger partial charge >= 0.3 is 0 Å². The Morgan fingerprint density at radius 2 is 1.65 bits per heavy atom. The zero-order valence-corrected chi connectivity index (χ0v) is 15.7. The first-order valence-corrected chi connectivity index (χ1v) is 8.96. The van der Waals surface area contributed by atoms with Crippen molar-refractivity contribution in [3.8, 4) is 17.0 Å². The van der Waals surface area contributed by atoms with Crippen molar-refractivity contribution < 1.29 is 4.74 Å².